The molecule has 8 nitrogen and oxygen atoms in total. The van der Waals surface area contributed by atoms with Crippen LogP contribution in [0.15, 0.2) is 36.9 Å². The zero-order valence-corrected chi connectivity index (χ0v) is 20.2. The summed E-state index contributed by atoms with van der Waals surface area (Å²) in [6.45, 7) is 1.52. The average Bonchev–Trinajstić information content (AvgIpc) is 2.67. The molecule has 0 aliphatic rings. The number of phenols is 1. The standard InChI is InChI=1S/C18H12F2I2O8S/c1-2-9-3-4-14(23)11(5-9)17(25)30-15-12(6-10(21)7-13(15)22)16(24)29-8-18(19,20)31(26,27)28/h2-7,23H,1,8H2,(H,26,27,28)/p-1. The molecule has 31 heavy (non-hydrogen) atoms. The lowest BCUT2D eigenvalue weighted by Gasteiger charge is -2.20. The predicted octanol–water partition coefficient (Wildman–Crippen LogP) is 3.76. The summed E-state index contributed by atoms with van der Waals surface area (Å²) in [5.41, 5.74) is -0.235. The van der Waals surface area contributed by atoms with Crippen LogP contribution in [0.3, 0.4) is 0 Å². The van der Waals surface area contributed by atoms with Gasteiger partial charge in [-0.2, -0.15) is 8.78 Å². The number of carbonyl (C=O) groups excluding carboxylic acids is 2. The van der Waals surface area contributed by atoms with E-state index in [1.54, 1.807) is 45.2 Å². The van der Waals surface area contributed by atoms with Crippen LogP contribution in [0, 0.1) is 7.14 Å². The van der Waals surface area contributed by atoms with Gasteiger partial charge in [0.1, 0.15) is 16.9 Å². The first kappa shape index (κ1) is 25.4. The fourth-order valence-electron chi connectivity index (χ4n) is 2.11. The summed E-state index contributed by atoms with van der Waals surface area (Å²) in [4.78, 5) is 24.9. The lowest BCUT2D eigenvalue weighted by molar-refractivity contribution is -0.0101. The molecule has 2 rings (SSSR count). The molecular weight excluding hydrogens is 668 g/mol. The average molecular weight is 679 g/mol. The molecule has 0 bridgehead atoms. The van der Waals surface area contributed by atoms with Crippen molar-refractivity contribution < 1.29 is 45.9 Å². The number of alkyl halides is 2. The first-order valence-corrected chi connectivity index (χ1v) is 11.5. The second-order valence-corrected chi connectivity index (χ2v) is 9.72. The quantitative estimate of drug-likeness (QED) is 0.203. The maximum atomic E-state index is 13.3. The van der Waals surface area contributed by atoms with Gasteiger partial charge in [-0.1, -0.05) is 18.7 Å². The van der Waals surface area contributed by atoms with Gasteiger partial charge in [0.05, 0.1) is 3.57 Å². The van der Waals surface area contributed by atoms with Crippen molar-refractivity contribution in [2.24, 2.45) is 0 Å². The Hall–Kier alpha value is -1.85. The summed E-state index contributed by atoms with van der Waals surface area (Å²) < 4.78 is 68.5. The Morgan fingerprint density at radius 1 is 1.16 bits per heavy atom. The van der Waals surface area contributed by atoms with Gasteiger partial charge in [-0.15, -0.1) is 0 Å². The summed E-state index contributed by atoms with van der Waals surface area (Å²) in [5, 5.41) is 5.08. The van der Waals surface area contributed by atoms with E-state index in [1.807, 2.05) is 0 Å². The lowest BCUT2D eigenvalue weighted by atomic mass is 10.1. The number of rotatable bonds is 7. The van der Waals surface area contributed by atoms with E-state index in [0.29, 0.717) is 9.13 Å². The van der Waals surface area contributed by atoms with Crippen LogP contribution >= 0.6 is 45.2 Å². The molecule has 0 aliphatic heterocycles. The smallest absolute Gasteiger partial charge is 0.367 e. The fraction of sp³-hybridized carbons (Fsp3) is 0.111. The number of halogens is 4. The van der Waals surface area contributed by atoms with Gasteiger partial charge in [-0.3, -0.25) is 0 Å². The molecule has 0 aromatic heterocycles. The third-order valence-corrected chi connectivity index (χ3v) is 5.91. The van der Waals surface area contributed by atoms with E-state index in [1.165, 1.54) is 30.3 Å². The molecule has 0 atom stereocenters. The SMILES string of the molecule is C=Cc1ccc(O)c(C(=O)Oc2c(I)cc(I)cc2C(=O)OCC(F)(F)S(=O)(=O)[O-])c1. The van der Waals surface area contributed by atoms with Crippen LogP contribution in [0.1, 0.15) is 26.3 Å². The van der Waals surface area contributed by atoms with Gasteiger partial charge in [0, 0.05) is 3.57 Å². The van der Waals surface area contributed by atoms with E-state index in [9.17, 15) is 36.4 Å². The number of carbonyl (C=O) groups is 2. The maximum Gasteiger partial charge on any atom is 0.367 e. The van der Waals surface area contributed by atoms with Crippen LogP contribution in [-0.4, -0.2) is 41.9 Å². The van der Waals surface area contributed by atoms with Crippen LogP contribution in [-0.2, 0) is 14.9 Å². The van der Waals surface area contributed by atoms with Gasteiger partial charge >= 0.3 is 17.2 Å². The van der Waals surface area contributed by atoms with Crippen LogP contribution in [0.2, 0.25) is 0 Å². The Kier molecular flexibility index (Phi) is 7.99. The second kappa shape index (κ2) is 9.74. The third-order valence-electron chi connectivity index (χ3n) is 3.64. The number of hydrogen-bond donors (Lipinski definition) is 1. The first-order chi connectivity index (χ1) is 14.3. The Balaban J connectivity index is 2.38. The van der Waals surface area contributed by atoms with Gasteiger partial charge in [0.2, 0.25) is 0 Å². The lowest BCUT2D eigenvalue weighted by Crippen LogP contribution is -2.34. The highest BCUT2D eigenvalue weighted by molar-refractivity contribution is 14.1. The summed E-state index contributed by atoms with van der Waals surface area (Å²) in [7, 11) is -6.06. The van der Waals surface area contributed by atoms with Gasteiger partial charge in [-0.25, -0.2) is 18.0 Å². The van der Waals surface area contributed by atoms with E-state index >= 15 is 0 Å². The van der Waals surface area contributed by atoms with Crippen LogP contribution in [0.4, 0.5) is 8.78 Å². The second-order valence-electron chi connectivity index (χ2n) is 5.80. The van der Waals surface area contributed by atoms with Gasteiger partial charge in [-0.05, 0) is 75.0 Å². The van der Waals surface area contributed by atoms with E-state index in [-0.39, 0.29) is 14.9 Å². The zero-order valence-electron chi connectivity index (χ0n) is 15.1. The summed E-state index contributed by atoms with van der Waals surface area (Å²) in [6.07, 6.45) is 1.41. The van der Waals surface area contributed by atoms with Crippen molar-refractivity contribution in [2.75, 3.05) is 6.61 Å². The number of benzene rings is 2. The number of aromatic hydroxyl groups is 1. The van der Waals surface area contributed by atoms with Crippen molar-refractivity contribution in [3.8, 4) is 11.5 Å². The van der Waals surface area contributed by atoms with Crippen LogP contribution in [0.5, 0.6) is 11.5 Å². The zero-order chi connectivity index (χ0) is 23.6. The molecule has 0 heterocycles. The molecule has 0 radical (unpaired) electrons. The van der Waals surface area contributed by atoms with Gasteiger partial charge in [0.15, 0.2) is 22.5 Å². The van der Waals surface area contributed by atoms with Crippen molar-refractivity contribution in [3.63, 3.8) is 0 Å². The Morgan fingerprint density at radius 3 is 2.39 bits per heavy atom. The molecule has 1 N–H and O–H groups in total. The predicted molar refractivity (Wildman–Crippen MR) is 120 cm³/mol. The first-order valence-electron chi connectivity index (χ1n) is 7.94. The highest BCUT2D eigenvalue weighted by Crippen LogP contribution is 2.32. The molecule has 0 amide bonds. The Morgan fingerprint density at radius 2 is 1.81 bits per heavy atom. The van der Waals surface area contributed by atoms with Crippen LogP contribution < -0.4 is 4.74 Å². The summed E-state index contributed by atoms with van der Waals surface area (Å²) in [5.74, 6) is -3.30. The molecule has 0 saturated carbocycles. The highest BCUT2D eigenvalue weighted by Gasteiger charge is 2.39. The largest absolute Gasteiger partial charge is 0.743 e. The van der Waals surface area contributed by atoms with Gasteiger partial charge < -0.3 is 19.1 Å². The normalized spacial score (nSPS) is 11.6. The van der Waals surface area contributed by atoms with Crippen molar-refractivity contribution in [1.29, 1.82) is 0 Å². The van der Waals surface area contributed by atoms with Crippen molar-refractivity contribution in [1.82, 2.24) is 0 Å². The molecule has 0 fully saturated rings. The summed E-state index contributed by atoms with van der Waals surface area (Å²) >= 11 is 3.52. The number of ether oxygens (including phenoxy) is 2. The Bertz CT molecular complexity index is 1170. The van der Waals surface area contributed by atoms with Crippen molar-refractivity contribution in [2.45, 2.75) is 5.25 Å². The van der Waals surface area contributed by atoms with E-state index < -0.39 is 45.2 Å². The third kappa shape index (κ3) is 6.11. The highest BCUT2D eigenvalue weighted by atomic mass is 127. The molecule has 166 valence electrons. The molecule has 13 heteroatoms. The van der Waals surface area contributed by atoms with E-state index in [0.717, 1.165) is 6.07 Å². The number of hydrogen-bond acceptors (Lipinski definition) is 8. The molecule has 0 unspecified atom stereocenters. The monoisotopic (exact) mass is 679 g/mol. The molecule has 0 aliphatic carbocycles. The molecular formula is C18H11F2I2O8S-. The fourth-order valence-corrected chi connectivity index (χ4v) is 4.27. The molecule has 0 spiro atoms. The van der Waals surface area contributed by atoms with Crippen molar-refractivity contribution >= 4 is 73.3 Å². The summed E-state index contributed by atoms with van der Waals surface area (Å²) in [6, 6.07) is 6.64. The minimum absolute atomic E-state index is 0.215. The molecule has 2 aromatic carbocycles. The Labute approximate surface area is 202 Å². The topological polar surface area (TPSA) is 130 Å². The molecule has 2 aromatic rings. The van der Waals surface area contributed by atoms with Crippen LogP contribution in [0.25, 0.3) is 6.08 Å². The number of phenolic OH excluding ortho intramolecular Hbond substituents is 1. The van der Waals surface area contributed by atoms with Crippen molar-refractivity contribution in [3.05, 3.63) is 60.7 Å². The number of esters is 2. The minimum atomic E-state index is -6.06. The maximum absolute atomic E-state index is 13.3. The van der Waals surface area contributed by atoms with E-state index in [4.69, 9.17) is 4.74 Å². The van der Waals surface area contributed by atoms with E-state index in [2.05, 4.69) is 11.3 Å². The minimum Gasteiger partial charge on any atom is -0.743 e. The van der Waals surface area contributed by atoms with Gasteiger partial charge in [0.25, 0.3) is 0 Å². The molecule has 0 saturated heterocycles.